The van der Waals surface area contributed by atoms with E-state index in [1.54, 1.807) is 0 Å². The molecule has 2 rings (SSSR count). The van der Waals surface area contributed by atoms with E-state index in [4.69, 9.17) is 5.84 Å². The Bertz CT molecular complexity index is 368. The lowest BCUT2D eigenvalue weighted by Gasteiger charge is -2.26. The number of aromatic nitrogens is 2. The number of hydrazine groups is 1. The zero-order valence-electron chi connectivity index (χ0n) is 10.7. The Balaban J connectivity index is 2.03. The van der Waals surface area contributed by atoms with Gasteiger partial charge in [0, 0.05) is 18.5 Å². The van der Waals surface area contributed by atoms with Crippen LogP contribution in [0.15, 0.2) is 6.07 Å². The van der Waals surface area contributed by atoms with Crippen molar-refractivity contribution < 1.29 is 5.11 Å². The molecule has 0 atom stereocenters. The van der Waals surface area contributed by atoms with Crippen molar-refractivity contribution in [2.24, 2.45) is 5.84 Å². The summed E-state index contributed by atoms with van der Waals surface area (Å²) in [6, 6.07) is 2.18. The fourth-order valence-electron chi connectivity index (χ4n) is 2.23. The second kappa shape index (κ2) is 5.97. The predicted octanol–water partition coefficient (Wildman–Crippen LogP) is 1.04. The molecule has 1 aliphatic rings. The van der Waals surface area contributed by atoms with Crippen molar-refractivity contribution >= 4 is 11.6 Å². The molecule has 0 amide bonds. The van der Waals surface area contributed by atoms with E-state index in [2.05, 4.69) is 20.7 Å². The average molecular weight is 251 g/mol. The van der Waals surface area contributed by atoms with Crippen molar-refractivity contribution in [2.75, 3.05) is 10.7 Å². The first-order valence-corrected chi connectivity index (χ1v) is 6.50. The van der Waals surface area contributed by atoms with Gasteiger partial charge in [0.05, 0.1) is 6.10 Å². The molecule has 1 aromatic rings. The molecule has 6 nitrogen and oxygen atoms in total. The summed E-state index contributed by atoms with van der Waals surface area (Å²) in [5.41, 5.74) is 2.56. The molecule has 1 aromatic heterocycles. The van der Waals surface area contributed by atoms with Gasteiger partial charge in [-0.05, 0) is 25.7 Å². The molecule has 18 heavy (non-hydrogen) atoms. The van der Waals surface area contributed by atoms with Gasteiger partial charge in [0.1, 0.15) is 17.5 Å². The molecule has 0 unspecified atom stereocenters. The maximum atomic E-state index is 9.48. The molecule has 1 fully saturated rings. The molecule has 0 aromatic carbocycles. The molecule has 5 N–H and O–H groups in total. The topological polar surface area (TPSA) is 96.1 Å². The number of anilines is 2. The predicted molar refractivity (Wildman–Crippen MR) is 71.1 cm³/mol. The molecule has 0 bridgehead atoms. The first-order chi connectivity index (χ1) is 8.71. The zero-order valence-corrected chi connectivity index (χ0v) is 10.7. The second-order valence-electron chi connectivity index (χ2n) is 4.70. The van der Waals surface area contributed by atoms with Crippen molar-refractivity contribution in [3.8, 4) is 0 Å². The zero-order chi connectivity index (χ0) is 13.0. The van der Waals surface area contributed by atoms with Gasteiger partial charge in [0.15, 0.2) is 0 Å². The molecular formula is C12H21N5O. The quantitative estimate of drug-likeness (QED) is 0.472. The van der Waals surface area contributed by atoms with Gasteiger partial charge < -0.3 is 15.8 Å². The minimum atomic E-state index is -0.138. The number of hydrogen-bond donors (Lipinski definition) is 4. The van der Waals surface area contributed by atoms with Gasteiger partial charge in [-0.15, -0.1) is 0 Å². The maximum Gasteiger partial charge on any atom is 0.145 e. The van der Waals surface area contributed by atoms with E-state index in [0.717, 1.165) is 43.7 Å². The number of aliphatic hydroxyl groups is 1. The van der Waals surface area contributed by atoms with Gasteiger partial charge in [0.2, 0.25) is 0 Å². The van der Waals surface area contributed by atoms with E-state index in [9.17, 15) is 5.11 Å². The molecule has 0 aliphatic heterocycles. The fraction of sp³-hybridized carbons (Fsp3) is 0.667. The highest BCUT2D eigenvalue weighted by molar-refractivity contribution is 5.47. The first-order valence-electron chi connectivity index (χ1n) is 6.50. The molecule has 1 heterocycles. The highest BCUT2D eigenvalue weighted by Gasteiger charge is 2.19. The largest absolute Gasteiger partial charge is 0.393 e. The van der Waals surface area contributed by atoms with Crippen LogP contribution in [0.2, 0.25) is 0 Å². The summed E-state index contributed by atoms with van der Waals surface area (Å²) in [5, 5.41) is 12.9. The van der Waals surface area contributed by atoms with Crippen LogP contribution < -0.4 is 16.6 Å². The van der Waals surface area contributed by atoms with Crippen LogP contribution in [-0.2, 0) is 6.42 Å². The second-order valence-corrected chi connectivity index (χ2v) is 4.70. The number of aryl methyl sites for hydroxylation is 1. The van der Waals surface area contributed by atoms with Crippen molar-refractivity contribution in [3.63, 3.8) is 0 Å². The van der Waals surface area contributed by atoms with Crippen molar-refractivity contribution in [1.82, 2.24) is 9.97 Å². The Kier molecular flexibility index (Phi) is 4.33. The summed E-state index contributed by atoms with van der Waals surface area (Å²) in [4.78, 5) is 8.68. The number of nitrogens with one attached hydrogen (secondary N) is 2. The highest BCUT2D eigenvalue weighted by Crippen LogP contribution is 2.22. The average Bonchev–Trinajstić information content (AvgIpc) is 2.41. The third kappa shape index (κ3) is 3.30. The summed E-state index contributed by atoms with van der Waals surface area (Å²) in [6.07, 6.45) is 4.28. The standard InChI is InChI=1S/C12H21N5O/c1-2-10-15-11(7-12(16-10)17-13)14-8-3-5-9(18)6-4-8/h7-9,18H,2-6,13H2,1H3,(H2,14,15,16,17). The molecular weight excluding hydrogens is 230 g/mol. The van der Waals surface area contributed by atoms with Crippen LogP contribution in [0.5, 0.6) is 0 Å². The molecule has 6 heteroatoms. The third-order valence-electron chi connectivity index (χ3n) is 3.29. The van der Waals surface area contributed by atoms with Crippen LogP contribution in [0.1, 0.15) is 38.4 Å². The van der Waals surface area contributed by atoms with Gasteiger partial charge in [-0.1, -0.05) is 6.92 Å². The van der Waals surface area contributed by atoms with Crippen molar-refractivity contribution in [2.45, 2.75) is 51.2 Å². The van der Waals surface area contributed by atoms with Gasteiger partial charge in [-0.25, -0.2) is 15.8 Å². The lowest BCUT2D eigenvalue weighted by Crippen LogP contribution is -2.28. The molecule has 1 aliphatic carbocycles. The molecule has 100 valence electrons. The number of rotatable bonds is 4. The van der Waals surface area contributed by atoms with E-state index in [0.29, 0.717) is 11.9 Å². The summed E-state index contributed by atoms with van der Waals surface area (Å²) in [5.74, 6) is 7.59. The van der Waals surface area contributed by atoms with E-state index in [-0.39, 0.29) is 6.10 Å². The lowest BCUT2D eigenvalue weighted by atomic mass is 9.93. The van der Waals surface area contributed by atoms with Crippen LogP contribution in [0.4, 0.5) is 11.6 Å². The minimum Gasteiger partial charge on any atom is -0.393 e. The summed E-state index contributed by atoms with van der Waals surface area (Å²) < 4.78 is 0. The van der Waals surface area contributed by atoms with Gasteiger partial charge in [-0.2, -0.15) is 0 Å². The normalized spacial score (nSPS) is 23.7. The maximum absolute atomic E-state index is 9.48. The first kappa shape index (κ1) is 13.0. The van der Waals surface area contributed by atoms with E-state index in [1.807, 2.05) is 13.0 Å². The number of aliphatic hydroxyl groups excluding tert-OH is 1. The number of nitrogens with two attached hydrogens (primary N) is 1. The van der Waals surface area contributed by atoms with E-state index in [1.165, 1.54) is 0 Å². The van der Waals surface area contributed by atoms with Crippen molar-refractivity contribution in [1.29, 1.82) is 0 Å². The molecule has 0 radical (unpaired) electrons. The van der Waals surface area contributed by atoms with Gasteiger partial charge in [0.25, 0.3) is 0 Å². The highest BCUT2D eigenvalue weighted by atomic mass is 16.3. The number of nitrogens with zero attached hydrogens (tertiary/aromatic N) is 2. The molecule has 0 saturated heterocycles. The Morgan fingerprint density at radius 3 is 2.56 bits per heavy atom. The summed E-state index contributed by atoms with van der Waals surface area (Å²) in [6.45, 7) is 2.01. The monoisotopic (exact) mass is 251 g/mol. The van der Waals surface area contributed by atoms with E-state index < -0.39 is 0 Å². The van der Waals surface area contributed by atoms with Crippen LogP contribution >= 0.6 is 0 Å². The van der Waals surface area contributed by atoms with E-state index >= 15 is 0 Å². The Hall–Kier alpha value is -1.40. The number of nitrogen functional groups attached to an aromatic ring is 1. The fourth-order valence-corrected chi connectivity index (χ4v) is 2.23. The summed E-state index contributed by atoms with van der Waals surface area (Å²) in [7, 11) is 0. The Morgan fingerprint density at radius 1 is 1.28 bits per heavy atom. The van der Waals surface area contributed by atoms with Gasteiger partial charge in [-0.3, -0.25) is 0 Å². The van der Waals surface area contributed by atoms with Crippen LogP contribution in [0.3, 0.4) is 0 Å². The molecule has 0 spiro atoms. The SMILES string of the molecule is CCc1nc(NN)cc(NC2CCC(O)CC2)n1. The van der Waals surface area contributed by atoms with Gasteiger partial charge >= 0.3 is 0 Å². The summed E-state index contributed by atoms with van der Waals surface area (Å²) >= 11 is 0. The lowest BCUT2D eigenvalue weighted by molar-refractivity contribution is 0.126. The van der Waals surface area contributed by atoms with Crippen molar-refractivity contribution in [3.05, 3.63) is 11.9 Å². The third-order valence-corrected chi connectivity index (χ3v) is 3.29. The molecule has 1 saturated carbocycles. The van der Waals surface area contributed by atoms with Crippen LogP contribution in [0.25, 0.3) is 0 Å². The minimum absolute atomic E-state index is 0.138. The van der Waals surface area contributed by atoms with Crippen LogP contribution in [0, 0.1) is 0 Å². The Morgan fingerprint density at radius 2 is 1.94 bits per heavy atom. The van der Waals surface area contributed by atoms with Crippen LogP contribution in [-0.4, -0.2) is 27.2 Å². The smallest absolute Gasteiger partial charge is 0.145 e. The number of hydrogen-bond acceptors (Lipinski definition) is 6. The Labute approximate surface area is 107 Å².